The van der Waals surface area contributed by atoms with Crippen molar-refractivity contribution in [3.63, 3.8) is 0 Å². The summed E-state index contributed by atoms with van der Waals surface area (Å²) in [5.74, 6) is -0.185. The minimum absolute atomic E-state index is 0.000567. The Kier molecular flexibility index (Phi) is 5.76. The van der Waals surface area contributed by atoms with Crippen LogP contribution in [0.15, 0.2) is 42.5 Å². The van der Waals surface area contributed by atoms with E-state index in [0.29, 0.717) is 30.8 Å². The predicted octanol–water partition coefficient (Wildman–Crippen LogP) is 1.96. The number of halogens is 2. The highest BCUT2D eigenvalue weighted by Crippen LogP contribution is 2.45. The lowest BCUT2D eigenvalue weighted by Crippen LogP contribution is -2.36. The number of rotatable bonds is 7. The van der Waals surface area contributed by atoms with E-state index in [0.717, 1.165) is 5.56 Å². The number of pyridine rings is 1. The minimum Gasteiger partial charge on any atom is -0.354 e. The molecule has 1 aromatic carbocycles. The molecule has 1 saturated carbocycles. The molecule has 2 heterocycles. The molecule has 2 aliphatic rings. The van der Waals surface area contributed by atoms with Crippen LogP contribution in [-0.4, -0.2) is 60.8 Å². The number of piperidine rings is 1. The van der Waals surface area contributed by atoms with Gasteiger partial charge < -0.3 is 10.6 Å². The largest absolute Gasteiger partial charge is 0.354 e. The zero-order chi connectivity index (χ0) is 21.3. The van der Waals surface area contributed by atoms with E-state index in [1.807, 2.05) is 30.3 Å². The van der Waals surface area contributed by atoms with Crippen molar-refractivity contribution in [2.24, 2.45) is 11.8 Å². The van der Waals surface area contributed by atoms with E-state index < -0.39 is 6.43 Å². The van der Waals surface area contributed by atoms with Crippen molar-refractivity contribution in [2.45, 2.75) is 18.9 Å². The van der Waals surface area contributed by atoms with Crippen LogP contribution in [0.4, 0.5) is 8.78 Å². The monoisotopic (exact) mass is 414 g/mol. The number of aromatic nitrogens is 1. The zero-order valence-corrected chi connectivity index (χ0v) is 16.6. The molecule has 2 amide bonds. The molecular weight excluding hydrogens is 390 g/mol. The number of nitrogens with zero attached hydrogens (tertiary/aromatic N) is 2. The van der Waals surface area contributed by atoms with Gasteiger partial charge in [0.1, 0.15) is 5.69 Å². The van der Waals surface area contributed by atoms with Crippen LogP contribution in [-0.2, 0) is 6.42 Å². The third-order valence-corrected chi connectivity index (χ3v) is 5.79. The van der Waals surface area contributed by atoms with Crippen molar-refractivity contribution < 1.29 is 18.4 Å². The smallest absolute Gasteiger partial charge is 0.269 e. The molecule has 3 atom stereocenters. The Hall–Kier alpha value is -2.87. The average molecular weight is 414 g/mol. The van der Waals surface area contributed by atoms with E-state index in [1.54, 1.807) is 11.0 Å². The van der Waals surface area contributed by atoms with Crippen LogP contribution < -0.4 is 10.6 Å². The summed E-state index contributed by atoms with van der Waals surface area (Å²) >= 11 is 0. The third kappa shape index (κ3) is 4.48. The molecule has 1 aliphatic carbocycles. The van der Waals surface area contributed by atoms with E-state index in [9.17, 15) is 18.4 Å². The summed E-state index contributed by atoms with van der Waals surface area (Å²) in [7, 11) is 1.52. The molecular formula is C22H24F2N4O2. The normalized spacial score (nSPS) is 22.6. The summed E-state index contributed by atoms with van der Waals surface area (Å²) in [4.78, 5) is 31.1. The molecule has 2 fully saturated rings. The van der Waals surface area contributed by atoms with Gasteiger partial charge in [-0.05, 0) is 29.5 Å². The second-order valence-electron chi connectivity index (χ2n) is 7.91. The maximum absolute atomic E-state index is 12.8. The summed E-state index contributed by atoms with van der Waals surface area (Å²) in [5.41, 5.74) is 2.23. The summed E-state index contributed by atoms with van der Waals surface area (Å²) in [5, 5.41) is 5.55. The van der Waals surface area contributed by atoms with Gasteiger partial charge in [0.05, 0.1) is 6.54 Å². The van der Waals surface area contributed by atoms with E-state index in [1.165, 1.54) is 13.1 Å². The molecule has 2 N–H and O–H groups in total. The van der Waals surface area contributed by atoms with Gasteiger partial charge in [0.2, 0.25) is 0 Å². The summed E-state index contributed by atoms with van der Waals surface area (Å²) in [6.07, 6.45) is -1.83. The lowest BCUT2D eigenvalue weighted by Gasteiger charge is -2.19. The minimum atomic E-state index is -2.33. The Morgan fingerprint density at radius 1 is 1.13 bits per heavy atom. The number of carbonyl (C=O) groups is 2. The van der Waals surface area contributed by atoms with E-state index in [2.05, 4.69) is 15.6 Å². The van der Waals surface area contributed by atoms with Gasteiger partial charge in [0, 0.05) is 43.9 Å². The van der Waals surface area contributed by atoms with Crippen LogP contribution in [0, 0.1) is 11.8 Å². The number of benzene rings is 1. The number of likely N-dealkylation sites (tertiary alicyclic amines) is 1. The molecule has 0 bridgehead atoms. The fourth-order valence-electron chi connectivity index (χ4n) is 4.27. The van der Waals surface area contributed by atoms with Gasteiger partial charge in [-0.15, -0.1) is 0 Å². The van der Waals surface area contributed by atoms with Gasteiger partial charge in [0.25, 0.3) is 18.2 Å². The number of carbonyl (C=O) groups excluding carboxylic acids is 2. The average Bonchev–Trinajstić information content (AvgIpc) is 3.17. The lowest BCUT2D eigenvalue weighted by atomic mass is 10.1. The number of nitrogens with one attached hydrogen (secondary N) is 2. The third-order valence-electron chi connectivity index (χ3n) is 5.79. The first-order valence-electron chi connectivity index (χ1n) is 10.0. The first-order valence-corrected chi connectivity index (χ1v) is 10.0. The van der Waals surface area contributed by atoms with E-state index in [-0.39, 0.29) is 41.9 Å². The maximum atomic E-state index is 12.8. The van der Waals surface area contributed by atoms with Crippen molar-refractivity contribution in [3.05, 3.63) is 65.0 Å². The van der Waals surface area contributed by atoms with E-state index >= 15 is 0 Å². The van der Waals surface area contributed by atoms with Gasteiger partial charge in [-0.3, -0.25) is 14.5 Å². The molecule has 30 heavy (non-hydrogen) atoms. The highest BCUT2D eigenvalue weighted by atomic mass is 19.3. The second kappa shape index (κ2) is 8.47. The molecule has 0 radical (unpaired) electrons. The van der Waals surface area contributed by atoms with Crippen LogP contribution in [0.1, 0.15) is 32.1 Å². The van der Waals surface area contributed by atoms with Gasteiger partial charge in [0.15, 0.2) is 0 Å². The SMILES string of the molecule is CNC(=O)c1cc(C(=O)N[C@H]2[C@@H]3CN(CC(F)F)C[C@@H]32)cc(Cc2ccccc2)n1. The number of amides is 2. The van der Waals surface area contributed by atoms with Gasteiger partial charge >= 0.3 is 0 Å². The van der Waals surface area contributed by atoms with Crippen LogP contribution in [0.2, 0.25) is 0 Å². The molecule has 2 aromatic rings. The van der Waals surface area contributed by atoms with Crippen molar-refractivity contribution >= 4 is 11.8 Å². The Morgan fingerprint density at radius 3 is 2.47 bits per heavy atom. The quantitative estimate of drug-likeness (QED) is 0.727. The fraction of sp³-hybridized carbons (Fsp3) is 0.409. The van der Waals surface area contributed by atoms with Crippen LogP contribution in [0.3, 0.4) is 0 Å². The molecule has 8 heteroatoms. The zero-order valence-electron chi connectivity index (χ0n) is 16.6. The second-order valence-corrected chi connectivity index (χ2v) is 7.91. The molecule has 4 rings (SSSR count). The Labute approximate surface area is 173 Å². The molecule has 6 nitrogen and oxygen atoms in total. The molecule has 158 valence electrons. The standard InChI is InChI=1S/C22H24F2N4O2/c1-25-22(30)18-9-14(8-15(26-18)7-13-5-3-2-4-6-13)21(29)27-20-16-10-28(11-17(16)20)12-19(23)24/h2-6,8-9,16-17,19-20H,7,10-12H2,1H3,(H,25,30)(H,27,29)/t16-,17+,20+. The fourth-order valence-corrected chi connectivity index (χ4v) is 4.27. The van der Waals surface area contributed by atoms with Crippen LogP contribution >= 0.6 is 0 Å². The Morgan fingerprint density at radius 2 is 1.83 bits per heavy atom. The van der Waals surface area contributed by atoms with Crippen molar-refractivity contribution in [2.75, 3.05) is 26.7 Å². The number of hydrogen-bond acceptors (Lipinski definition) is 4. The van der Waals surface area contributed by atoms with Gasteiger partial charge in [-0.25, -0.2) is 13.8 Å². The molecule has 1 aromatic heterocycles. The van der Waals surface area contributed by atoms with Crippen LogP contribution in [0.25, 0.3) is 0 Å². The molecule has 0 spiro atoms. The van der Waals surface area contributed by atoms with Crippen molar-refractivity contribution in [1.82, 2.24) is 20.5 Å². The molecule has 1 aliphatic heterocycles. The molecule has 0 unspecified atom stereocenters. The van der Waals surface area contributed by atoms with Crippen molar-refractivity contribution in [1.29, 1.82) is 0 Å². The van der Waals surface area contributed by atoms with E-state index in [4.69, 9.17) is 0 Å². The number of fused-ring (bicyclic) bond motifs is 1. The molecule has 1 saturated heterocycles. The first kappa shape index (κ1) is 20.4. The highest BCUT2D eigenvalue weighted by molar-refractivity contribution is 5.98. The summed E-state index contributed by atoms with van der Waals surface area (Å²) in [6.45, 7) is 0.953. The maximum Gasteiger partial charge on any atom is 0.269 e. The summed E-state index contributed by atoms with van der Waals surface area (Å²) < 4.78 is 25.1. The Balaban J connectivity index is 1.46. The van der Waals surface area contributed by atoms with Crippen molar-refractivity contribution in [3.8, 4) is 0 Å². The number of hydrogen-bond donors (Lipinski definition) is 2. The highest BCUT2D eigenvalue weighted by Gasteiger charge is 2.56. The summed E-state index contributed by atoms with van der Waals surface area (Å²) in [6, 6.07) is 12.9. The number of alkyl halides is 2. The van der Waals surface area contributed by atoms with Gasteiger partial charge in [-0.1, -0.05) is 30.3 Å². The van der Waals surface area contributed by atoms with Crippen LogP contribution in [0.5, 0.6) is 0 Å². The predicted molar refractivity (Wildman–Crippen MR) is 108 cm³/mol. The first-order chi connectivity index (χ1) is 14.4. The topological polar surface area (TPSA) is 74.3 Å². The Bertz CT molecular complexity index is 926. The lowest BCUT2D eigenvalue weighted by molar-refractivity contribution is 0.0879. The van der Waals surface area contributed by atoms with Gasteiger partial charge in [-0.2, -0.15) is 0 Å².